The summed E-state index contributed by atoms with van der Waals surface area (Å²) in [5.41, 5.74) is 0. The fourth-order valence-electron chi connectivity index (χ4n) is 1.19. The van der Waals surface area contributed by atoms with Crippen molar-refractivity contribution < 1.29 is 5.11 Å². The molecule has 54 valence electrons. The van der Waals surface area contributed by atoms with E-state index in [4.69, 9.17) is 0 Å². The molecule has 0 aliphatic heterocycles. The van der Waals surface area contributed by atoms with Gasteiger partial charge in [0.25, 0.3) is 0 Å². The zero-order valence-electron chi connectivity index (χ0n) is 6.14. The largest absolute Gasteiger partial charge is 0.393 e. The van der Waals surface area contributed by atoms with Crippen molar-refractivity contribution in [1.82, 2.24) is 0 Å². The van der Waals surface area contributed by atoms with Crippen LogP contribution in [0.1, 0.15) is 39.0 Å². The number of aliphatic hydroxyl groups excluding tert-OH is 1. The van der Waals surface area contributed by atoms with Crippen LogP contribution in [0.4, 0.5) is 0 Å². The van der Waals surface area contributed by atoms with E-state index < -0.39 is 0 Å². The van der Waals surface area contributed by atoms with Crippen LogP contribution >= 0.6 is 0 Å². The lowest BCUT2D eigenvalue weighted by Gasteiger charge is -2.05. The van der Waals surface area contributed by atoms with Gasteiger partial charge in [0.2, 0.25) is 0 Å². The molecule has 1 rings (SSSR count). The highest BCUT2D eigenvalue weighted by molar-refractivity contribution is 4.75. The Morgan fingerprint density at radius 3 is 2.67 bits per heavy atom. The minimum atomic E-state index is 0.00231. The molecule has 0 saturated heterocycles. The Morgan fingerprint density at radius 2 is 2.22 bits per heavy atom. The first-order valence-corrected chi connectivity index (χ1v) is 4.01. The summed E-state index contributed by atoms with van der Waals surface area (Å²) >= 11 is 0. The van der Waals surface area contributed by atoms with E-state index in [-0.39, 0.29) is 6.10 Å². The Hall–Kier alpha value is -0.0400. The second-order valence-electron chi connectivity index (χ2n) is 3.12. The molecule has 0 heterocycles. The van der Waals surface area contributed by atoms with Gasteiger partial charge in [-0.05, 0) is 18.8 Å². The van der Waals surface area contributed by atoms with Gasteiger partial charge in [0.1, 0.15) is 0 Å². The van der Waals surface area contributed by atoms with Gasteiger partial charge >= 0.3 is 0 Å². The quantitative estimate of drug-likeness (QED) is 0.613. The van der Waals surface area contributed by atoms with E-state index >= 15 is 0 Å². The van der Waals surface area contributed by atoms with Crippen molar-refractivity contribution in [2.75, 3.05) is 0 Å². The van der Waals surface area contributed by atoms with Crippen molar-refractivity contribution in [1.29, 1.82) is 0 Å². The maximum absolute atomic E-state index is 9.26. The van der Waals surface area contributed by atoms with Gasteiger partial charge in [-0.1, -0.05) is 26.2 Å². The highest BCUT2D eigenvalue weighted by Gasteiger charge is 2.23. The van der Waals surface area contributed by atoms with Crippen LogP contribution in [0, 0.1) is 5.92 Å². The van der Waals surface area contributed by atoms with E-state index in [9.17, 15) is 5.11 Å². The lowest BCUT2D eigenvalue weighted by atomic mass is 10.1. The molecule has 0 aromatic carbocycles. The lowest BCUT2D eigenvalue weighted by molar-refractivity contribution is 0.147. The van der Waals surface area contributed by atoms with Gasteiger partial charge in [-0.25, -0.2) is 0 Å². The summed E-state index contributed by atoms with van der Waals surface area (Å²) in [5, 5.41) is 9.26. The van der Waals surface area contributed by atoms with Crippen LogP contribution < -0.4 is 0 Å². The number of aliphatic hydroxyl groups is 1. The highest BCUT2D eigenvalue weighted by Crippen LogP contribution is 2.34. The predicted molar refractivity (Wildman–Crippen MR) is 38.3 cm³/mol. The summed E-state index contributed by atoms with van der Waals surface area (Å²) in [6, 6.07) is 0. The summed E-state index contributed by atoms with van der Waals surface area (Å²) in [6.07, 6.45) is 5.90. The van der Waals surface area contributed by atoms with Crippen molar-refractivity contribution >= 4 is 0 Å². The topological polar surface area (TPSA) is 20.2 Å². The molecule has 1 N–H and O–H groups in total. The number of hydrogen-bond donors (Lipinski definition) is 1. The van der Waals surface area contributed by atoms with Crippen molar-refractivity contribution in [3.05, 3.63) is 0 Å². The molecule has 1 atom stereocenters. The molecular weight excluding hydrogens is 112 g/mol. The van der Waals surface area contributed by atoms with Crippen LogP contribution in [-0.4, -0.2) is 11.2 Å². The standard InChI is InChI=1S/C8H16O/c1-2-3-8(9)6-7-4-5-7/h7-9H,2-6H2,1H3/t8-/m0/s1. The Bertz CT molecular complexity index is 76.6. The summed E-state index contributed by atoms with van der Waals surface area (Å²) in [4.78, 5) is 0. The van der Waals surface area contributed by atoms with E-state index in [1.165, 1.54) is 12.8 Å². The third-order valence-corrected chi connectivity index (χ3v) is 1.92. The maximum atomic E-state index is 9.26. The van der Waals surface area contributed by atoms with Crippen LogP contribution in [0.3, 0.4) is 0 Å². The minimum absolute atomic E-state index is 0.00231. The summed E-state index contributed by atoms with van der Waals surface area (Å²) < 4.78 is 0. The molecule has 1 nitrogen and oxygen atoms in total. The van der Waals surface area contributed by atoms with Gasteiger partial charge < -0.3 is 5.11 Å². The number of hydrogen-bond acceptors (Lipinski definition) is 1. The SMILES string of the molecule is CCC[C@H](O)CC1CC1. The summed E-state index contributed by atoms with van der Waals surface area (Å²) in [6.45, 7) is 2.12. The van der Waals surface area contributed by atoms with E-state index in [1.54, 1.807) is 0 Å². The zero-order chi connectivity index (χ0) is 6.69. The fraction of sp³-hybridized carbons (Fsp3) is 1.00. The Balaban J connectivity index is 1.95. The van der Waals surface area contributed by atoms with Gasteiger partial charge in [-0.15, -0.1) is 0 Å². The van der Waals surface area contributed by atoms with Crippen LogP contribution in [0.25, 0.3) is 0 Å². The van der Waals surface area contributed by atoms with E-state index in [1.807, 2.05) is 0 Å². The lowest BCUT2D eigenvalue weighted by Crippen LogP contribution is -2.05. The molecule has 0 aromatic heterocycles. The van der Waals surface area contributed by atoms with E-state index in [0.717, 1.165) is 25.2 Å². The van der Waals surface area contributed by atoms with Gasteiger partial charge in [0.15, 0.2) is 0 Å². The molecule has 0 spiro atoms. The first-order chi connectivity index (χ1) is 4.33. The predicted octanol–water partition coefficient (Wildman–Crippen LogP) is 1.95. The average Bonchev–Trinajstić information content (AvgIpc) is 2.50. The molecule has 0 radical (unpaired) electrons. The maximum Gasteiger partial charge on any atom is 0.0542 e. The van der Waals surface area contributed by atoms with E-state index in [0.29, 0.717) is 0 Å². The molecule has 9 heavy (non-hydrogen) atoms. The Kier molecular flexibility index (Phi) is 2.52. The monoisotopic (exact) mass is 128 g/mol. The van der Waals surface area contributed by atoms with Gasteiger partial charge in [-0.3, -0.25) is 0 Å². The first-order valence-electron chi connectivity index (χ1n) is 4.01. The minimum Gasteiger partial charge on any atom is -0.393 e. The highest BCUT2D eigenvalue weighted by atomic mass is 16.3. The van der Waals surface area contributed by atoms with Gasteiger partial charge in [0.05, 0.1) is 6.10 Å². The van der Waals surface area contributed by atoms with Crippen molar-refractivity contribution in [2.45, 2.75) is 45.1 Å². The van der Waals surface area contributed by atoms with Crippen molar-refractivity contribution in [3.63, 3.8) is 0 Å². The summed E-state index contributed by atoms with van der Waals surface area (Å²) in [7, 11) is 0. The average molecular weight is 128 g/mol. The molecule has 1 aliphatic rings. The van der Waals surface area contributed by atoms with Crippen molar-refractivity contribution in [2.24, 2.45) is 5.92 Å². The molecule has 0 bridgehead atoms. The molecule has 1 aliphatic carbocycles. The second-order valence-corrected chi connectivity index (χ2v) is 3.12. The molecular formula is C8H16O. The third-order valence-electron chi connectivity index (χ3n) is 1.92. The van der Waals surface area contributed by atoms with Crippen molar-refractivity contribution in [3.8, 4) is 0 Å². The zero-order valence-corrected chi connectivity index (χ0v) is 6.14. The first kappa shape index (κ1) is 7.07. The van der Waals surface area contributed by atoms with Gasteiger partial charge in [0, 0.05) is 0 Å². The Labute approximate surface area is 57.1 Å². The molecule has 0 unspecified atom stereocenters. The summed E-state index contributed by atoms with van der Waals surface area (Å²) in [5.74, 6) is 0.881. The molecule has 1 fully saturated rings. The van der Waals surface area contributed by atoms with Gasteiger partial charge in [-0.2, -0.15) is 0 Å². The fourth-order valence-corrected chi connectivity index (χ4v) is 1.19. The normalized spacial score (nSPS) is 22.0. The second kappa shape index (κ2) is 3.21. The molecule has 1 heteroatoms. The van der Waals surface area contributed by atoms with Crippen LogP contribution in [0.15, 0.2) is 0 Å². The Morgan fingerprint density at radius 1 is 1.56 bits per heavy atom. The molecule has 0 aromatic rings. The number of rotatable bonds is 4. The van der Waals surface area contributed by atoms with E-state index in [2.05, 4.69) is 6.92 Å². The van der Waals surface area contributed by atoms with Crippen LogP contribution in [0.5, 0.6) is 0 Å². The van der Waals surface area contributed by atoms with Crippen LogP contribution in [-0.2, 0) is 0 Å². The molecule has 1 saturated carbocycles. The smallest absolute Gasteiger partial charge is 0.0542 e. The third kappa shape index (κ3) is 2.85. The molecule has 0 amide bonds. The van der Waals surface area contributed by atoms with Crippen LogP contribution in [0.2, 0.25) is 0 Å².